The van der Waals surface area contributed by atoms with Crippen LogP contribution in [0.15, 0.2) is 72.2 Å². The average Bonchev–Trinajstić information content (AvgIpc) is 3.11. The summed E-state index contributed by atoms with van der Waals surface area (Å²) in [7, 11) is -2.25. The van der Waals surface area contributed by atoms with E-state index in [1.165, 1.54) is 10.4 Å². The maximum Gasteiger partial charge on any atom is 0.140 e. The van der Waals surface area contributed by atoms with Crippen LogP contribution in [0, 0.1) is 0 Å². The largest absolute Gasteiger partial charge is 0.371 e. The van der Waals surface area contributed by atoms with E-state index in [-0.39, 0.29) is 11.9 Å². The molecule has 1 saturated heterocycles. The highest BCUT2D eigenvalue weighted by Gasteiger charge is 2.32. The molecule has 1 heterocycles. The SMILES string of the molecule is C[Si](/C=C(/F)C1CCCO1)(c1ccccc1)c1ccccc1. The van der Waals surface area contributed by atoms with E-state index in [2.05, 4.69) is 30.8 Å². The van der Waals surface area contributed by atoms with Gasteiger partial charge in [0.2, 0.25) is 0 Å². The van der Waals surface area contributed by atoms with Crippen LogP contribution in [0.3, 0.4) is 0 Å². The molecule has 2 aromatic carbocycles. The van der Waals surface area contributed by atoms with Crippen molar-refractivity contribution in [2.24, 2.45) is 0 Å². The number of ether oxygens (including phenoxy) is 1. The predicted molar refractivity (Wildman–Crippen MR) is 91.9 cm³/mol. The Bertz CT molecular complexity index is 593. The summed E-state index contributed by atoms with van der Waals surface area (Å²) in [6, 6.07) is 20.6. The molecular weight excluding hydrogens is 291 g/mol. The van der Waals surface area contributed by atoms with Gasteiger partial charge in [-0.05, 0) is 12.8 Å². The summed E-state index contributed by atoms with van der Waals surface area (Å²) >= 11 is 0. The van der Waals surface area contributed by atoms with Crippen molar-refractivity contribution in [3.8, 4) is 0 Å². The number of hydrogen-bond donors (Lipinski definition) is 0. The third kappa shape index (κ3) is 3.06. The van der Waals surface area contributed by atoms with E-state index in [4.69, 9.17) is 4.74 Å². The van der Waals surface area contributed by atoms with E-state index in [0.29, 0.717) is 6.61 Å². The molecule has 3 heteroatoms. The van der Waals surface area contributed by atoms with Crippen molar-refractivity contribution in [1.29, 1.82) is 0 Å². The van der Waals surface area contributed by atoms with Gasteiger partial charge in [-0.2, -0.15) is 0 Å². The Morgan fingerprint density at radius 2 is 1.59 bits per heavy atom. The summed E-state index contributed by atoms with van der Waals surface area (Å²) in [5, 5.41) is 2.43. The molecule has 1 aliphatic heterocycles. The van der Waals surface area contributed by atoms with Gasteiger partial charge in [0, 0.05) is 6.61 Å². The summed E-state index contributed by atoms with van der Waals surface area (Å²) in [6.45, 7) is 2.87. The lowest BCUT2D eigenvalue weighted by atomic mass is 10.2. The van der Waals surface area contributed by atoms with Crippen molar-refractivity contribution in [1.82, 2.24) is 0 Å². The van der Waals surface area contributed by atoms with E-state index >= 15 is 0 Å². The number of halogens is 1. The molecule has 0 aromatic heterocycles. The van der Waals surface area contributed by atoms with Crippen molar-refractivity contribution in [2.75, 3.05) is 6.61 Å². The second-order valence-corrected chi connectivity index (χ2v) is 9.81. The smallest absolute Gasteiger partial charge is 0.140 e. The van der Waals surface area contributed by atoms with Gasteiger partial charge < -0.3 is 4.74 Å². The molecule has 0 N–H and O–H groups in total. The Morgan fingerprint density at radius 1 is 1.05 bits per heavy atom. The van der Waals surface area contributed by atoms with Gasteiger partial charge in [0.15, 0.2) is 0 Å². The van der Waals surface area contributed by atoms with Crippen LogP contribution >= 0.6 is 0 Å². The van der Waals surface area contributed by atoms with E-state index < -0.39 is 8.07 Å². The maximum absolute atomic E-state index is 14.7. The number of rotatable bonds is 4. The van der Waals surface area contributed by atoms with Gasteiger partial charge in [-0.15, -0.1) is 0 Å². The van der Waals surface area contributed by atoms with Crippen LogP contribution in [0.1, 0.15) is 12.8 Å². The molecule has 0 amide bonds. The lowest BCUT2D eigenvalue weighted by Gasteiger charge is -2.26. The highest BCUT2D eigenvalue weighted by Crippen LogP contribution is 2.23. The van der Waals surface area contributed by atoms with Gasteiger partial charge >= 0.3 is 0 Å². The minimum Gasteiger partial charge on any atom is -0.371 e. The molecule has 1 fully saturated rings. The maximum atomic E-state index is 14.7. The van der Waals surface area contributed by atoms with Crippen LogP contribution in [-0.2, 0) is 4.74 Å². The monoisotopic (exact) mass is 312 g/mol. The third-order valence-electron chi connectivity index (χ3n) is 4.41. The molecule has 1 aliphatic rings. The summed E-state index contributed by atoms with van der Waals surface area (Å²) in [5.41, 5.74) is 1.87. The topological polar surface area (TPSA) is 9.23 Å². The summed E-state index contributed by atoms with van der Waals surface area (Å²) in [6.07, 6.45) is 1.39. The van der Waals surface area contributed by atoms with Crippen molar-refractivity contribution >= 4 is 18.4 Å². The van der Waals surface area contributed by atoms with Gasteiger partial charge in [-0.3, -0.25) is 0 Å². The van der Waals surface area contributed by atoms with Crippen molar-refractivity contribution in [3.63, 3.8) is 0 Å². The van der Waals surface area contributed by atoms with Crippen LogP contribution in [0.2, 0.25) is 6.55 Å². The molecule has 1 unspecified atom stereocenters. The van der Waals surface area contributed by atoms with Crippen LogP contribution in [0.5, 0.6) is 0 Å². The molecule has 1 nitrogen and oxygen atoms in total. The quantitative estimate of drug-likeness (QED) is 0.786. The minimum absolute atomic E-state index is 0.0978. The van der Waals surface area contributed by atoms with Gasteiger partial charge in [0.25, 0.3) is 0 Å². The molecule has 0 radical (unpaired) electrons. The molecule has 1 atom stereocenters. The van der Waals surface area contributed by atoms with Gasteiger partial charge in [-0.1, -0.05) is 83.3 Å². The molecule has 0 spiro atoms. The van der Waals surface area contributed by atoms with E-state index in [1.807, 2.05) is 42.1 Å². The van der Waals surface area contributed by atoms with Crippen molar-refractivity contribution in [2.45, 2.75) is 25.5 Å². The fourth-order valence-electron chi connectivity index (χ4n) is 3.07. The van der Waals surface area contributed by atoms with Crippen LogP contribution in [0.25, 0.3) is 0 Å². The third-order valence-corrected chi connectivity index (χ3v) is 8.33. The van der Waals surface area contributed by atoms with Crippen LogP contribution in [0.4, 0.5) is 4.39 Å². The summed E-state index contributed by atoms with van der Waals surface area (Å²) < 4.78 is 20.3. The first-order valence-corrected chi connectivity index (χ1v) is 10.4. The fraction of sp³-hybridized carbons (Fsp3) is 0.263. The second-order valence-electron chi connectivity index (χ2n) is 5.97. The minimum atomic E-state index is -2.25. The van der Waals surface area contributed by atoms with Crippen LogP contribution < -0.4 is 10.4 Å². The number of benzene rings is 2. The average molecular weight is 312 g/mol. The Morgan fingerprint density at radius 3 is 2.05 bits per heavy atom. The normalized spacial score (nSPS) is 19.4. The molecule has 0 aliphatic carbocycles. The Kier molecular flexibility index (Phi) is 4.55. The van der Waals surface area contributed by atoms with Gasteiger partial charge in [-0.25, -0.2) is 4.39 Å². The molecular formula is C19H21FOSi. The highest BCUT2D eigenvalue weighted by molar-refractivity contribution is 7.05. The first-order chi connectivity index (χ1) is 10.7. The molecule has 0 saturated carbocycles. The zero-order valence-electron chi connectivity index (χ0n) is 12.8. The highest BCUT2D eigenvalue weighted by atomic mass is 28.3. The van der Waals surface area contributed by atoms with E-state index in [9.17, 15) is 4.39 Å². The zero-order chi connectivity index (χ0) is 15.4. The molecule has 2 aromatic rings. The first-order valence-electron chi connectivity index (χ1n) is 7.81. The number of hydrogen-bond acceptors (Lipinski definition) is 1. The van der Waals surface area contributed by atoms with Crippen molar-refractivity contribution < 1.29 is 9.13 Å². The summed E-state index contributed by atoms with van der Waals surface area (Å²) in [4.78, 5) is 0. The van der Waals surface area contributed by atoms with E-state index in [0.717, 1.165) is 12.8 Å². The molecule has 0 bridgehead atoms. The lowest BCUT2D eigenvalue weighted by Crippen LogP contribution is -2.54. The molecule has 22 heavy (non-hydrogen) atoms. The molecule has 3 rings (SSSR count). The molecule has 114 valence electrons. The first kappa shape index (κ1) is 15.2. The second kappa shape index (κ2) is 6.59. The lowest BCUT2D eigenvalue weighted by molar-refractivity contribution is 0.119. The van der Waals surface area contributed by atoms with E-state index in [1.54, 1.807) is 0 Å². The fourth-order valence-corrected chi connectivity index (χ4v) is 6.24. The predicted octanol–water partition coefficient (Wildman–Crippen LogP) is 3.45. The Balaban J connectivity index is 2.05. The summed E-state index contributed by atoms with van der Waals surface area (Å²) in [5.74, 6) is -0.0978. The Hall–Kier alpha value is -1.71. The van der Waals surface area contributed by atoms with Crippen LogP contribution in [-0.4, -0.2) is 20.8 Å². The van der Waals surface area contributed by atoms with Gasteiger partial charge in [0.05, 0.1) is 0 Å². The Labute approximate surface area is 132 Å². The van der Waals surface area contributed by atoms with Crippen molar-refractivity contribution in [3.05, 3.63) is 72.2 Å². The van der Waals surface area contributed by atoms with Gasteiger partial charge in [0.1, 0.15) is 20.0 Å². The standard InChI is InChI=1S/C19H21FOSi/c1-22(16-9-4-2-5-10-16,17-11-6-3-7-12-17)15-18(20)19-13-8-14-21-19/h2-7,9-12,15,19H,8,13-14H2,1H3/b18-15+. The zero-order valence-corrected chi connectivity index (χ0v) is 13.8.